The topological polar surface area (TPSA) is 151 Å². The summed E-state index contributed by atoms with van der Waals surface area (Å²) in [6.45, 7) is 1.66. The van der Waals surface area contributed by atoms with Crippen molar-refractivity contribution >= 4 is 38.4 Å². The van der Waals surface area contributed by atoms with Gasteiger partial charge in [0.25, 0.3) is 16.0 Å². The monoisotopic (exact) mass is 461 g/mol. The molecular weight excluding hydrogens is 442 g/mol. The molecule has 12 nitrogen and oxygen atoms in total. The van der Waals surface area contributed by atoms with E-state index in [0.717, 1.165) is 0 Å². The van der Waals surface area contributed by atoms with Gasteiger partial charge in [0.15, 0.2) is 16.3 Å². The smallest absolute Gasteiger partial charge is 0.270 e. The summed E-state index contributed by atoms with van der Waals surface area (Å²) in [6.07, 6.45) is 0. The Morgan fingerprint density at radius 3 is 2.22 bits per heavy atom. The van der Waals surface area contributed by atoms with Crippen LogP contribution in [0.4, 0.5) is 17.5 Å². The second kappa shape index (κ2) is 8.26. The highest BCUT2D eigenvalue weighted by Gasteiger charge is 2.27. The molecule has 0 aliphatic rings. The van der Waals surface area contributed by atoms with E-state index in [4.69, 9.17) is 23.3 Å². The Hall–Kier alpha value is -4.00. The second-order valence-electron chi connectivity index (χ2n) is 6.44. The van der Waals surface area contributed by atoms with Crippen LogP contribution in [0.3, 0.4) is 0 Å². The van der Waals surface area contributed by atoms with Gasteiger partial charge >= 0.3 is 0 Å². The summed E-state index contributed by atoms with van der Waals surface area (Å²) in [7, 11) is 0.0461. The maximum absolute atomic E-state index is 13.1. The van der Waals surface area contributed by atoms with Gasteiger partial charge in [0, 0.05) is 13.0 Å². The summed E-state index contributed by atoms with van der Waals surface area (Å²) in [5.74, 6) is 1.18. The lowest BCUT2D eigenvalue weighted by atomic mass is 10.2. The van der Waals surface area contributed by atoms with E-state index in [2.05, 4.69) is 25.3 Å². The van der Waals surface area contributed by atoms with Gasteiger partial charge in [0.2, 0.25) is 5.89 Å². The largest absolute Gasteiger partial charge is 0.495 e. The Labute approximate surface area is 182 Å². The van der Waals surface area contributed by atoms with Gasteiger partial charge in [-0.15, -0.1) is 0 Å². The van der Waals surface area contributed by atoms with E-state index < -0.39 is 10.0 Å². The number of anilines is 3. The third-order valence-corrected chi connectivity index (χ3v) is 5.85. The first kappa shape index (κ1) is 21.2. The molecule has 168 valence electrons. The van der Waals surface area contributed by atoms with E-state index in [1.54, 1.807) is 25.1 Å². The van der Waals surface area contributed by atoms with Crippen LogP contribution < -0.4 is 24.2 Å². The number of hydrogen-bond acceptors (Lipinski definition) is 11. The lowest BCUT2D eigenvalue weighted by Crippen LogP contribution is -2.15. The van der Waals surface area contributed by atoms with Crippen molar-refractivity contribution in [2.45, 2.75) is 11.8 Å². The summed E-state index contributed by atoms with van der Waals surface area (Å²) in [6, 6.07) is 7.79. The second-order valence-corrected chi connectivity index (χ2v) is 8.06. The van der Waals surface area contributed by atoms with Gasteiger partial charge in [-0.25, -0.2) is 8.42 Å². The Balaban J connectivity index is 1.73. The normalized spacial score (nSPS) is 11.4. The van der Waals surface area contributed by atoms with Crippen molar-refractivity contribution in [3.8, 4) is 17.2 Å². The van der Waals surface area contributed by atoms with E-state index in [9.17, 15) is 8.42 Å². The van der Waals surface area contributed by atoms with Crippen LogP contribution in [0.5, 0.6) is 17.2 Å². The van der Waals surface area contributed by atoms with Crippen molar-refractivity contribution in [1.82, 2.24) is 15.3 Å². The standard InChI is InChI=1S/C19H19N5O7S/c1-10-20-19(23-30-10)21-12-9-15-11(8-16(12)29-4)18(22-31-15)24-32(25,26)17-13(27-2)6-5-7-14(17)28-3/h5-9H,1-4H3,(H,21,23)(H,22,24). The average Bonchev–Trinajstić information content (AvgIpc) is 3.37. The number of ether oxygens (including phenoxy) is 3. The summed E-state index contributed by atoms with van der Waals surface area (Å²) in [5, 5.41) is 11.0. The molecule has 4 aromatic rings. The molecule has 0 bridgehead atoms. The van der Waals surface area contributed by atoms with Gasteiger partial charge < -0.3 is 28.6 Å². The number of nitrogens with one attached hydrogen (secondary N) is 2. The number of sulfonamides is 1. The Kier molecular flexibility index (Phi) is 5.48. The molecule has 0 saturated heterocycles. The van der Waals surface area contributed by atoms with Gasteiger partial charge in [-0.3, -0.25) is 4.72 Å². The van der Waals surface area contributed by atoms with Crippen LogP contribution in [-0.4, -0.2) is 45.0 Å². The zero-order valence-corrected chi connectivity index (χ0v) is 18.3. The first-order chi connectivity index (χ1) is 15.4. The molecule has 4 rings (SSSR count). The van der Waals surface area contributed by atoms with Gasteiger partial charge in [0.1, 0.15) is 17.2 Å². The highest BCUT2D eigenvalue weighted by Crippen LogP contribution is 2.38. The number of rotatable bonds is 8. The predicted octanol–water partition coefficient (Wildman–Crippen LogP) is 3.09. The maximum atomic E-state index is 13.1. The van der Waals surface area contributed by atoms with Crippen LogP contribution in [0.1, 0.15) is 5.89 Å². The third kappa shape index (κ3) is 3.85. The third-order valence-electron chi connectivity index (χ3n) is 4.45. The number of nitrogens with zero attached hydrogens (tertiary/aromatic N) is 3. The molecule has 0 fully saturated rings. The molecule has 0 aliphatic heterocycles. The van der Waals surface area contributed by atoms with Gasteiger partial charge in [-0.2, -0.15) is 4.98 Å². The Bertz CT molecular complexity index is 1360. The molecule has 2 aromatic heterocycles. The molecule has 0 spiro atoms. The molecule has 2 heterocycles. The number of benzene rings is 2. The van der Waals surface area contributed by atoms with Gasteiger partial charge in [-0.05, 0) is 23.4 Å². The van der Waals surface area contributed by atoms with Crippen LogP contribution in [0.2, 0.25) is 0 Å². The molecule has 0 unspecified atom stereocenters. The molecule has 2 N–H and O–H groups in total. The van der Waals surface area contributed by atoms with Crippen molar-refractivity contribution < 1.29 is 31.7 Å². The molecule has 0 atom stereocenters. The fourth-order valence-electron chi connectivity index (χ4n) is 3.04. The first-order valence-electron chi connectivity index (χ1n) is 9.15. The van der Waals surface area contributed by atoms with Crippen LogP contribution >= 0.6 is 0 Å². The number of fused-ring (bicyclic) bond motifs is 1. The maximum Gasteiger partial charge on any atom is 0.270 e. The van der Waals surface area contributed by atoms with Crippen molar-refractivity contribution in [3.63, 3.8) is 0 Å². The summed E-state index contributed by atoms with van der Waals surface area (Å²) >= 11 is 0. The Morgan fingerprint density at radius 2 is 1.62 bits per heavy atom. The van der Waals surface area contributed by atoms with E-state index in [1.807, 2.05) is 0 Å². The van der Waals surface area contributed by atoms with Crippen LogP contribution in [0, 0.1) is 6.92 Å². The average molecular weight is 461 g/mol. The molecular formula is C19H19N5O7S. The lowest BCUT2D eigenvalue weighted by Gasteiger charge is -2.13. The fraction of sp³-hybridized carbons (Fsp3) is 0.211. The van der Waals surface area contributed by atoms with Crippen LogP contribution in [-0.2, 0) is 10.0 Å². The van der Waals surface area contributed by atoms with Crippen molar-refractivity contribution in [2.24, 2.45) is 0 Å². The molecule has 0 amide bonds. The minimum absolute atomic E-state index is 0.0341. The zero-order valence-electron chi connectivity index (χ0n) is 17.5. The van der Waals surface area contributed by atoms with Crippen LogP contribution in [0.25, 0.3) is 11.0 Å². The molecule has 2 aromatic carbocycles. The molecule has 0 saturated carbocycles. The minimum atomic E-state index is -4.15. The number of aryl methyl sites for hydroxylation is 1. The SMILES string of the molecule is COc1cc2c(NS(=O)(=O)c3c(OC)cccc3OC)noc2cc1Nc1noc(C)n1. The fourth-order valence-corrected chi connectivity index (χ4v) is 4.37. The number of hydrogen-bond donors (Lipinski definition) is 2. The number of methoxy groups -OCH3 is 3. The molecule has 0 aliphatic carbocycles. The summed E-state index contributed by atoms with van der Waals surface area (Å²) in [5.41, 5.74) is 0.760. The van der Waals surface area contributed by atoms with E-state index in [0.29, 0.717) is 28.3 Å². The summed E-state index contributed by atoms with van der Waals surface area (Å²) < 4.78 is 54.8. The first-order valence-corrected chi connectivity index (χ1v) is 10.6. The molecule has 0 radical (unpaired) electrons. The molecule has 32 heavy (non-hydrogen) atoms. The quantitative estimate of drug-likeness (QED) is 0.398. The van der Waals surface area contributed by atoms with E-state index >= 15 is 0 Å². The summed E-state index contributed by atoms with van der Waals surface area (Å²) in [4.78, 5) is 3.91. The predicted molar refractivity (Wildman–Crippen MR) is 113 cm³/mol. The minimum Gasteiger partial charge on any atom is -0.495 e. The van der Waals surface area contributed by atoms with Gasteiger partial charge in [-0.1, -0.05) is 11.2 Å². The van der Waals surface area contributed by atoms with Crippen molar-refractivity contribution in [2.75, 3.05) is 31.4 Å². The lowest BCUT2D eigenvalue weighted by molar-refractivity contribution is 0.373. The van der Waals surface area contributed by atoms with Gasteiger partial charge in [0.05, 0.1) is 32.4 Å². The van der Waals surface area contributed by atoms with Crippen LogP contribution in [0.15, 0.2) is 44.3 Å². The van der Waals surface area contributed by atoms with Crippen molar-refractivity contribution in [3.05, 3.63) is 36.2 Å². The number of aromatic nitrogens is 3. The van der Waals surface area contributed by atoms with E-state index in [-0.39, 0.29) is 28.2 Å². The highest BCUT2D eigenvalue weighted by molar-refractivity contribution is 7.93. The molecule has 13 heteroatoms. The van der Waals surface area contributed by atoms with E-state index in [1.165, 1.54) is 33.5 Å². The Morgan fingerprint density at radius 1 is 0.938 bits per heavy atom. The van der Waals surface area contributed by atoms with Crippen molar-refractivity contribution in [1.29, 1.82) is 0 Å². The highest BCUT2D eigenvalue weighted by atomic mass is 32.2. The zero-order chi connectivity index (χ0) is 22.9.